The van der Waals surface area contributed by atoms with Crippen LogP contribution >= 0.6 is 0 Å². The van der Waals surface area contributed by atoms with Gasteiger partial charge in [-0.3, -0.25) is 10.1 Å². The molecule has 0 fully saturated rings. The van der Waals surface area contributed by atoms with E-state index in [1.54, 1.807) is 39.0 Å². The van der Waals surface area contributed by atoms with Gasteiger partial charge in [-0.05, 0) is 32.4 Å². The Hall–Kier alpha value is -2.57. The Kier molecular flexibility index (Phi) is 6.37. The van der Waals surface area contributed by atoms with Crippen molar-refractivity contribution in [2.75, 3.05) is 19.0 Å². The summed E-state index contributed by atoms with van der Waals surface area (Å²) in [6.07, 6.45) is 0. The zero-order valence-electron chi connectivity index (χ0n) is 13.1. The van der Waals surface area contributed by atoms with E-state index >= 15 is 0 Å². The van der Waals surface area contributed by atoms with Crippen molar-refractivity contribution in [3.8, 4) is 0 Å². The van der Waals surface area contributed by atoms with Gasteiger partial charge in [0, 0.05) is 11.7 Å². The summed E-state index contributed by atoms with van der Waals surface area (Å²) in [5, 5.41) is 7.57. The largest absolute Gasteiger partial charge is 0.465 e. The van der Waals surface area contributed by atoms with E-state index in [0.717, 1.165) is 5.56 Å². The summed E-state index contributed by atoms with van der Waals surface area (Å²) < 4.78 is 4.73. The van der Waals surface area contributed by atoms with E-state index in [4.69, 9.17) is 4.74 Å². The molecule has 22 heavy (non-hydrogen) atoms. The number of carbonyl (C=O) groups excluding carboxylic acids is 3. The molecule has 3 amide bonds. The van der Waals surface area contributed by atoms with E-state index in [9.17, 15) is 14.4 Å². The smallest absolute Gasteiger partial charge is 0.340 e. The van der Waals surface area contributed by atoms with Crippen LogP contribution in [0.2, 0.25) is 0 Å². The Morgan fingerprint density at radius 3 is 2.50 bits per heavy atom. The Morgan fingerprint density at radius 1 is 1.23 bits per heavy atom. The van der Waals surface area contributed by atoms with Gasteiger partial charge in [0.25, 0.3) is 0 Å². The molecule has 3 N–H and O–H groups in total. The van der Waals surface area contributed by atoms with Crippen molar-refractivity contribution in [3.05, 3.63) is 29.3 Å². The third-order valence-electron chi connectivity index (χ3n) is 2.77. The zero-order valence-corrected chi connectivity index (χ0v) is 13.1. The lowest BCUT2D eigenvalue weighted by Crippen LogP contribution is -2.44. The van der Waals surface area contributed by atoms with Gasteiger partial charge in [0.2, 0.25) is 5.91 Å². The first-order valence-electron chi connectivity index (χ1n) is 6.87. The molecule has 1 rings (SSSR count). The van der Waals surface area contributed by atoms with Crippen LogP contribution in [0.4, 0.5) is 10.5 Å². The highest BCUT2D eigenvalue weighted by atomic mass is 16.5. The number of imide groups is 1. The van der Waals surface area contributed by atoms with Crippen molar-refractivity contribution >= 4 is 23.6 Å². The van der Waals surface area contributed by atoms with Crippen LogP contribution in [-0.2, 0) is 9.53 Å². The summed E-state index contributed by atoms with van der Waals surface area (Å²) >= 11 is 0. The van der Waals surface area contributed by atoms with Crippen molar-refractivity contribution in [2.45, 2.75) is 26.8 Å². The highest BCUT2D eigenvalue weighted by molar-refractivity contribution is 5.99. The molecule has 0 spiro atoms. The lowest BCUT2D eigenvalue weighted by atomic mass is 10.1. The minimum Gasteiger partial charge on any atom is -0.465 e. The Labute approximate surface area is 129 Å². The quantitative estimate of drug-likeness (QED) is 0.715. The second-order valence-electron chi connectivity index (χ2n) is 5.02. The maximum absolute atomic E-state index is 11.8. The van der Waals surface area contributed by atoms with Gasteiger partial charge in [-0.15, -0.1) is 0 Å². The summed E-state index contributed by atoms with van der Waals surface area (Å²) in [5.74, 6) is -0.992. The minimum atomic E-state index is -0.556. The zero-order chi connectivity index (χ0) is 16.7. The number of urea groups is 1. The molecule has 1 aromatic rings. The van der Waals surface area contributed by atoms with Gasteiger partial charge >= 0.3 is 12.0 Å². The number of nitrogens with one attached hydrogen (secondary N) is 3. The molecule has 120 valence electrons. The van der Waals surface area contributed by atoms with E-state index in [2.05, 4.69) is 16.0 Å². The van der Waals surface area contributed by atoms with Crippen LogP contribution in [0, 0.1) is 6.92 Å². The molecular weight excluding hydrogens is 286 g/mol. The van der Waals surface area contributed by atoms with Crippen molar-refractivity contribution < 1.29 is 19.1 Å². The fraction of sp³-hybridized carbons (Fsp3) is 0.400. The molecule has 0 bridgehead atoms. The molecule has 7 heteroatoms. The number of esters is 1. The monoisotopic (exact) mass is 307 g/mol. The van der Waals surface area contributed by atoms with Crippen molar-refractivity contribution in [3.63, 3.8) is 0 Å². The number of hydrogen-bond acceptors (Lipinski definition) is 5. The summed E-state index contributed by atoms with van der Waals surface area (Å²) in [7, 11) is 1.29. The molecule has 7 nitrogen and oxygen atoms in total. The number of carbonyl (C=O) groups is 3. The number of amides is 3. The standard InChI is InChI=1S/C15H21N3O4/c1-9(2)17-15(21)18-12(19)8-16-11-7-5-6-10(3)13(11)14(20)22-4/h5-7,9,16H,8H2,1-4H3,(H2,17,18,19,21). The Balaban J connectivity index is 2.69. The number of anilines is 1. The van der Waals surface area contributed by atoms with Gasteiger partial charge in [-0.25, -0.2) is 9.59 Å². The van der Waals surface area contributed by atoms with E-state index in [1.165, 1.54) is 7.11 Å². The van der Waals surface area contributed by atoms with E-state index in [-0.39, 0.29) is 12.6 Å². The number of hydrogen-bond donors (Lipinski definition) is 3. The SMILES string of the molecule is COC(=O)c1c(C)cccc1NCC(=O)NC(=O)NC(C)C. The van der Waals surface area contributed by atoms with Crippen LogP contribution in [0.3, 0.4) is 0 Å². The average Bonchev–Trinajstić information content (AvgIpc) is 2.43. The average molecular weight is 307 g/mol. The molecule has 0 aliphatic rings. The first-order valence-corrected chi connectivity index (χ1v) is 6.87. The Morgan fingerprint density at radius 2 is 1.91 bits per heavy atom. The van der Waals surface area contributed by atoms with Crippen LogP contribution in [0.5, 0.6) is 0 Å². The van der Waals surface area contributed by atoms with Crippen molar-refractivity contribution in [1.29, 1.82) is 0 Å². The first-order chi connectivity index (χ1) is 10.3. The molecule has 1 aromatic carbocycles. The van der Waals surface area contributed by atoms with Crippen LogP contribution in [0.25, 0.3) is 0 Å². The van der Waals surface area contributed by atoms with Crippen LogP contribution in [0.1, 0.15) is 29.8 Å². The molecule has 0 aliphatic heterocycles. The van der Waals surface area contributed by atoms with Crippen molar-refractivity contribution in [2.24, 2.45) is 0 Å². The number of methoxy groups -OCH3 is 1. The first kappa shape index (κ1) is 17.5. The fourth-order valence-corrected chi connectivity index (χ4v) is 1.83. The van der Waals surface area contributed by atoms with Gasteiger partial charge < -0.3 is 15.4 Å². The number of benzene rings is 1. The van der Waals surface area contributed by atoms with Crippen molar-refractivity contribution in [1.82, 2.24) is 10.6 Å². The molecule has 0 radical (unpaired) electrons. The molecule has 0 aromatic heterocycles. The summed E-state index contributed by atoms with van der Waals surface area (Å²) in [6.45, 7) is 5.21. The van der Waals surface area contributed by atoms with Gasteiger partial charge in [0.05, 0.1) is 19.2 Å². The third kappa shape index (κ3) is 5.08. The number of aryl methyl sites for hydroxylation is 1. The molecule has 0 heterocycles. The van der Waals surface area contributed by atoms with Crippen LogP contribution in [0.15, 0.2) is 18.2 Å². The summed E-state index contributed by atoms with van der Waals surface area (Å²) in [4.78, 5) is 34.9. The van der Waals surface area contributed by atoms with Crippen LogP contribution in [-0.4, -0.2) is 37.6 Å². The lowest BCUT2D eigenvalue weighted by molar-refractivity contribution is -0.118. The number of rotatable bonds is 5. The highest BCUT2D eigenvalue weighted by Crippen LogP contribution is 2.20. The lowest BCUT2D eigenvalue weighted by Gasteiger charge is -2.13. The molecule has 0 saturated carbocycles. The highest BCUT2D eigenvalue weighted by Gasteiger charge is 2.15. The molecule has 0 aliphatic carbocycles. The van der Waals surface area contributed by atoms with Gasteiger partial charge in [-0.1, -0.05) is 12.1 Å². The second kappa shape index (κ2) is 8.02. The fourth-order valence-electron chi connectivity index (χ4n) is 1.83. The molecule has 0 saturated heterocycles. The third-order valence-corrected chi connectivity index (χ3v) is 2.77. The Bertz CT molecular complexity index is 570. The van der Waals surface area contributed by atoms with Gasteiger partial charge in [0.15, 0.2) is 0 Å². The van der Waals surface area contributed by atoms with Gasteiger partial charge in [0.1, 0.15) is 0 Å². The molecule has 0 atom stereocenters. The maximum Gasteiger partial charge on any atom is 0.340 e. The van der Waals surface area contributed by atoms with E-state index in [0.29, 0.717) is 11.3 Å². The predicted octanol–water partition coefficient (Wildman–Crippen LogP) is 1.43. The number of ether oxygens (including phenoxy) is 1. The maximum atomic E-state index is 11.8. The minimum absolute atomic E-state index is 0.0662. The van der Waals surface area contributed by atoms with Crippen LogP contribution < -0.4 is 16.0 Å². The normalized spacial score (nSPS) is 10.0. The van der Waals surface area contributed by atoms with Gasteiger partial charge in [-0.2, -0.15) is 0 Å². The topological polar surface area (TPSA) is 96.5 Å². The van der Waals surface area contributed by atoms with E-state index < -0.39 is 17.9 Å². The predicted molar refractivity (Wildman–Crippen MR) is 82.8 cm³/mol. The second-order valence-corrected chi connectivity index (χ2v) is 5.02. The summed E-state index contributed by atoms with van der Waals surface area (Å²) in [6, 6.07) is 4.57. The molecule has 0 unspecified atom stereocenters. The summed E-state index contributed by atoms with van der Waals surface area (Å²) in [5.41, 5.74) is 1.57. The van der Waals surface area contributed by atoms with E-state index in [1.807, 2.05) is 0 Å². The molecular formula is C15H21N3O4.